The van der Waals surface area contributed by atoms with Gasteiger partial charge in [0.05, 0.1) is 6.04 Å². The first-order valence-corrected chi connectivity index (χ1v) is 10.2. The van der Waals surface area contributed by atoms with Crippen LogP contribution in [0.3, 0.4) is 0 Å². The second-order valence-electron chi connectivity index (χ2n) is 7.06. The molecular formula is C20H22Cl2N4O4. The molecule has 160 valence electrons. The minimum Gasteiger partial charge on any atom is -0.338 e. The van der Waals surface area contributed by atoms with Crippen molar-refractivity contribution in [3.63, 3.8) is 0 Å². The minimum atomic E-state index is -1.25. The summed E-state index contributed by atoms with van der Waals surface area (Å²) in [5.74, 6) is -0.483. The molecule has 1 fully saturated rings. The van der Waals surface area contributed by atoms with Crippen LogP contribution in [0.15, 0.2) is 48.5 Å². The Balaban J connectivity index is 1.76. The van der Waals surface area contributed by atoms with Gasteiger partial charge in [0, 0.05) is 41.1 Å². The number of piperazine rings is 1. The fourth-order valence-electron chi connectivity index (χ4n) is 3.65. The van der Waals surface area contributed by atoms with E-state index in [0.717, 1.165) is 11.1 Å². The number of halogens is 2. The van der Waals surface area contributed by atoms with Gasteiger partial charge in [-0.25, -0.2) is 0 Å². The molecule has 1 aliphatic heterocycles. The van der Waals surface area contributed by atoms with Crippen LogP contribution in [0.25, 0.3) is 0 Å². The standard InChI is InChI=1S/C20H22Cl2N4O4/c21-16-5-1-14(2-6-16)19(15-3-7-17(22)8-4-15)24-9-11-25(12-10-24)20(27)18(23-28)13-26(29)30/h1-8,18-19,23,28H,9-13H2. The van der Waals surface area contributed by atoms with Crippen molar-refractivity contribution in [3.05, 3.63) is 79.8 Å². The molecule has 10 heteroatoms. The van der Waals surface area contributed by atoms with E-state index in [1.807, 2.05) is 48.5 Å². The molecule has 0 radical (unpaired) electrons. The molecule has 0 aromatic heterocycles. The van der Waals surface area contributed by atoms with Crippen molar-refractivity contribution >= 4 is 29.1 Å². The maximum atomic E-state index is 12.5. The van der Waals surface area contributed by atoms with E-state index >= 15 is 0 Å². The van der Waals surface area contributed by atoms with E-state index in [0.29, 0.717) is 36.2 Å². The Bertz CT molecular complexity index is 826. The summed E-state index contributed by atoms with van der Waals surface area (Å²) in [4.78, 5) is 26.4. The lowest BCUT2D eigenvalue weighted by Gasteiger charge is -2.40. The summed E-state index contributed by atoms with van der Waals surface area (Å²) < 4.78 is 0. The average Bonchev–Trinajstić information content (AvgIpc) is 2.75. The van der Waals surface area contributed by atoms with Crippen molar-refractivity contribution < 1.29 is 14.9 Å². The van der Waals surface area contributed by atoms with E-state index < -0.39 is 23.4 Å². The number of hydrogen-bond acceptors (Lipinski definition) is 6. The first-order chi connectivity index (χ1) is 14.4. The highest BCUT2D eigenvalue weighted by Crippen LogP contribution is 2.31. The lowest BCUT2D eigenvalue weighted by Crippen LogP contribution is -2.55. The van der Waals surface area contributed by atoms with E-state index in [4.69, 9.17) is 28.4 Å². The second kappa shape index (κ2) is 10.2. The fraction of sp³-hybridized carbons (Fsp3) is 0.350. The zero-order chi connectivity index (χ0) is 21.7. The number of amides is 1. The van der Waals surface area contributed by atoms with Crippen molar-refractivity contribution in [2.45, 2.75) is 12.1 Å². The zero-order valence-electron chi connectivity index (χ0n) is 16.1. The number of benzene rings is 2. The third-order valence-electron chi connectivity index (χ3n) is 5.15. The quantitative estimate of drug-likeness (QED) is 0.494. The van der Waals surface area contributed by atoms with E-state index in [2.05, 4.69) is 4.90 Å². The van der Waals surface area contributed by atoms with Gasteiger partial charge in [-0.05, 0) is 35.4 Å². The molecule has 0 saturated carbocycles. The number of nitro groups is 1. The highest BCUT2D eigenvalue weighted by Gasteiger charge is 2.33. The van der Waals surface area contributed by atoms with Crippen LogP contribution in [-0.2, 0) is 4.79 Å². The zero-order valence-corrected chi connectivity index (χ0v) is 17.6. The molecule has 3 rings (SSSR count). The summed E-state index contributed by atoms with van der Waals surface area (Å²) in [5.41, 5.74) is 3.88. The Hall–Kier alpha value is -2.23. The maximum Gasteiger partial charge on any atom is 0.248 e. The normalized spacial score (nSPS) is 15.9. The minimum absolute atomic E-state index is 0.0534. The molecule has 2 aromatic carbocycles. The predicted octanol–water partition coefficient (Wildman–Crippen LogP) is 2.85. The molecule has 0 bridgehead atoms. The highest BCUT2D eigenvalue weighted by atomic mass is 35.5. The third-order valence-corrected chi connectivity index (χ3v) is 5.65. The molecule has 1 amide bonds. The van der Waals surface area contributed by atoms with Crippen LogP contribution in [0, 0.1) is 10.1 Å². The van der Waals surface area contributed by atoms with E-state index in [-0.39, 0.29) is 6.04 Å². The lowest BCUT2D eigenvalue weighted by atomic mass is 9.96. The molecule has 1 unspecified atom stereocenters. The van der Waals surface area contributed by atoms with Gasteiger partial charge in [-0.15, -0.1) is 0 Å². The summed E-state index contributed by atoms with van der Waals surface area (Å²) in [6, 6.07) is 14.0. The van der Waals surface area contributed by atoms with Crippen molar-refractivity contribution in [3.8, 4) is 0 Å². The van der Waals surface area contributed by atoms with Gasteiger partial charge in [0.15, 0.2) is 6.04 Å². The molecule has 1 heterocycles. The van der Waals surface area contributed by atoms with Crippen molar-refractivity contribution in [1.29, 1.82) is 0 Å². The van der Waals surface area contributed by atoms with Crippen LogP contribution >= 0.6 is 23.2 Å². The van der Waals surface area contributed by atoms with Gasteiger partial charge in [-0.2, -0.15) is 5.48 Å². The van der Waals surface area contributed by atoms with E-state index in [9.17, 15) is 14.9 Å². The van der Waals surface area contributed by atoms with Crippen LogP contribution in [0.4, 0.5) is 0 Å². The molecule has 1 aliphatic rings. The summed E-state index contributed by atoms with van der Waals surface area (Å²) in [5, 5.41) is 21.1. The first-order valence-electron chi connectivity index (χ1n) is 9.44. The molecule has 8 nitrogen and oxygen atoms in total. The first kappa shape index (κ1) is 22.5. The smallest absolute Gasteiger partial charge is 0.248 e. The summed E-state index contributed by atoms with van der Waals surface area (Å²) in [7, 11) is 0. The van der Waals surface area contributed by atoms with Gasteiger partial charge < -0.3 is 10.1 Å². The van der Waals surface area contributed by atoms with Crippen molar-refractivity contribution in [2.75, 3.05) is 32.7 Å². The number of rotatable bonds is 7. The monoisotopic (exact) mass is 452 g/mol. The van der Waals surface area contributed by atoms with Crippen molar-refractivity contribution in [1.82, 2.24) is 15.3 Å². The van der Waals surface area contributed by atoms with Gasteiger partial charge in [-0.3, -0.25) is 19.8 Å². The Morgan fingerprint density at radius 1 is 1.00 bits per heavy atom. The van der Waals surface area contributed by atoms with Crippen LogP contribution in [0.1, 0.15) is 17.2 Å². The fourth-order valence-corrected chi connectivity index (χ4v) is 3.90. The lowest BCUT2D eigenvalue weighted by molar-refractivity contribution is -0.483. The Morgan fingerprint density at radius 2 is 1.47 bits per heavy atom. The van der Waals surface area contributed by atoms with Crippen LogP contribution in [-0.4, -0.2) is 64.6 Å². The SMILES string of the molecule is O=C(C(C[N+](=O)[O-])NO)N1CCN(C(c2ccc(Cl)cc2)c2ccc(Cl)cc2)CC1. The van der Waals surface area contributed by atoms with E-state index in [1.54, 1.807) is 5.48 Å². The average molecular weight is 453 g/mol. The predicted molar refractivity (Wildman–Crippen MR) is 113 cm³/mol. The summed E-state index contributed by atoms with van der Waals surface area (Å²) >= 11 is 12.1. The maximum absolute atomic E-state index is 12.5. The molecule has 0 aliphatic carbocycles. The number of nitrogens with one attached hydrogen (secondary N) is 1. The van der Waals surface area contributed by atoms with Crippen LogP contribution in [0.5, 0.6) is 0 Å². The number of hydrogen-bond donors (Lipinski definition) is 2. The molecule has 30 heavy (non-hydrogen) atoms. The number of hydroxylamine groups is 1. The molecule has 2 N–H and O–H groups in total. The van der Waals surface area contributed by atoms with Crippen molar-refractivity contribution in [2.24, 2.45) is 0 Å². The van der Waals surface area contributed by atoms with E-state index in [1.165, 1.54) is 4.90 Å². The van der Waals surface area contributed by atoms with Gasteiger partial charge in [-0.1, -0.05) is 47.5 Å². The summed E-state index contributed by atoms with van der Waals surface area (Å²) in [6.45, 7) is 1.25. The van der Waals surface area contributed by atoms with Gasteiger partial charge >= 0.3 is 0 Å². The number of carbonyl (C=O) groups excluding carboxylic acids is 1. The van der Waals surface area contributed by atoms with Crippen LogP contribution in [0.2, 0.25) is 10.0 Å². The van der Waals surface area contributed by atoms with Gasteiger partial charge in [0.25, 0.3) is 0 Å². The largest absolute Gasteiger partial charge is 0.338 e. The molecule has 1 saturated heterocycles. The van der Waals surface area contributed by atoms with Gasteiger partial charge in [0.2, 0.25) is 12.5 Å². The highest BCUT2D eigenvalue weighted by molar-refractivity contribution is 6.30. The van der Waals surface area contributed by atoms with Gasteiger partial charge in [0.1, 0.15) is 0 Å². The number of nitrogens with zero attached hydrogens (tertiary/aromatic N) is 3. The Kier molecular flexibility index (Phi) is 7.63. The molecule has 1 atom stereocenters. The molecule has 0 spiro atoms. The summed E-state index contributed by atoms with van der Waals surface area (Å²) in [6.07, 6.45) is 0. The Labute approximate surface area is 184 Å². The molecule has 2 aromatic rings. The second-order valence-corrected chi connectivity index (χ2v) is 7.94. The topological polar surface area (TPSA) is 98.9 Å². The third kappa shape index (κ3) is 5.47. The Morgan fingerprint density at radius 3 is 1.87 bits per heavy atom. The molecular weight excluding hydrogens is 431 g/mol. The van der Waals surface area contributed by atoms with Crippen LogP contribution < -0.4 is 5.48 Å². The number of carbonyl (C=O) groups is 1.